The first-order chi connectivity index (χ1) is 10.6. The van der Waals surface area contributed by atoms with Crippen LogP contribution >= 0.6 is 23.1 Å². The molecule has 3 rings (SSSR count). The van der Waals surface area contributed by atoms with Gasteiger partial charge in [0.1, 0.15) is 0 Å². The van der Waals surface area contributed by atoms with Crippen molar-refractivity contribution < 1.29 is 9.32 Å². The maximum Gasteiger partial charge on any atom is 0.234 e. The van der Waals surface area contributed by atoms with Gasteiger partial charge in [0, 0.05) is 12.6 Å². The second-order valence-corrected chi connectivity index (χ2v) is 6.91. The summed E-state index contributed by atoms with van der Waals surface area (Å²) in [6, 6.07) is 5.74. The molecule has 1 amide bonds. The van der Waals surface area contributed by atoms with E-state index >= 15 is 0 Å². The first-order valence-corrected chi connectivity index (χ1v) is 8.61. The van der Waals surface area contributed by atoms with E-state index in [1.807, 2.05) is 25.1 Å². The molecule has 3 aromatic rings. The van der Waals surface area contributed by atoms with Gasteiger partial charge >= 0.3 is 0 Å². The molecule has 2 heterocycles. The van der Waals surface area contributed by atoms with Gasteiger partial charge in [-0.05, 0) is 25.1 Å². The molecule has 0 radical (unpaired) electrons. The molecule has 2 aromatic heterocycles. The average Bonchev–Trinajstić information content (AvgIpc) is 3.03. The largest absolute Gasteiger partial charge is 0.340 e. The van der Waals surface area contributed by atoms with Crippen molar-refractivity contribution in [2.45, 2.75) is 19.6 Å². The number of nitrogens with one attached hydrogen (secondary N) is 1. The van der Waals surface area contributed by atoms with Gasteiger partial charge in [0.25, 0.3) is 0 Å². The number of carbonyl (C=O) groups is 1. The zero-order valence-corrected chi connectivity index (χ0v) is 13.8. The van der Waals surface area contributed by atoms with Crippen LogP contribution in [0, 0.1) is 13.8 Å². The van der Waals surface area contributed by atoms with Crippen LogP contribution < -0.4 is 5.32 Å². The lowest BCUT2D eigenvalue weighted by Gasteiger charge is -2.04. The fourth-order valence-electron chi connectivity index (χ4n) is 1.95. The van der Waals surface area contributed by atoms with Gasteiger partial charge in [0.15, 0.2) is 5.82 Å². The lowest BCUT2D eigenvalue weighted by Crippen LogP contribution is -2.14. The smallest absolute Gasteiger partial charge is 0.234 e. The van der Waals surface area contributed by atoms with Gasteiger partial charge in [-0.15, -0.1) is 23.1 Å². The monoisotopic (exact) mass is 334 g/mol. The molecule has 0 saturated carbocycles. The van der Waals surface area contributed by atoms with Gasteiger partial charge in [-0.3, -0.25) is 4.79 Å². The van der Waals surface area contributed by atoms with E-state index in [9.17, 15) is 4.79 Å². The van der Waals surface area contributed by atoms with Crippen LogP contribution in [0.3, 0.4) is 0 Å². The van der Waals surface area contributed by atoms with Gasteiger partial charge < -0.3 is 9.84 Å². The predicted octanol–water partition coefficient (Wildman–Crippen LogP) is 3.17. The molecule has 0 aliphatic rings. The Morgan fingerprint density at radius 1 is 1.36 bits per heavy atom. The summed E-state index contributed by atoms with van der Waals surface area (Å²) in [7, 11) is 0. The fourth-order valence-corrected chi connectivity index (χ4v) is 3.48. The normalized spacial score (nSPS) is 11.0. The van der Waals surface area contributed by atoms with Crippen molar-refractivity contribution in [1.82, 2.24) is 15.1 Å². The minimum absolute atomic E-state index is 0.0502. The molecule has 8 heteroatoms. The van der Waals surface area contributed by atoms with Crippen molar-refractivity contribution in [2.75, 3.05) is 11.1 Å². The van der Waals surface area contributed by atoms with Gasteiger partial charge in [0.2, 0.25) is 11.8 Å². The van der Waals surface area contributed by atoms with Crippen molar-refractivity contribution in [2.24, 2.45) is 0 Å². The van der Waals surface area contributed by atoms with Crippen molar-refractivity contribution in [3.05, 3.63) is 34.9 Å². The Balaban J connectivity index is 1.53. The van der Waals surface area contributed by atoms with E-state index in [1.165, 1.54) is 11.8 Å². The molecule has 1 aromatic carbocycles. The summed E-state index contributed by atoms with van der Waals surface area (Å²) in [5.41, 5.74) is 1.75. The SMILES string of the molecule is Cc1nc(CSCC(=O)Nc2ccc3nc(C)sc3c2)no1. The molecule has 1 N–H and O–H groups in total. The molecule has 0 spiro atoms. The van der Waals surface area contributed by atoms with Crippen LogP contribution in [0.25, 0.3) is 10.2 Å². The highest BCUT2D eigenvalue weighted by Crippen LogP contribution is 2.24. The summed E-state index contributed by atoms with van der Waals surface area (Å²) >= 11 is 3.06. The third-order valence-corrected chi connectivity index (χ3v) is 4.68. The third kappa shape index (κ3) is 3.63. The number of hydrogen-bond acceptors (Lipinski definition) is 7. The van der Waals surface area contributed by atoms with Crippen LogP contribution in [0.1, 0.15) is 16.7 Å². The van der Waals surface area contributed by atoms with E-state index < -0.39 is 0 Å². The zero-order chi connectivity index (χ0) is 15.5. The lowest BCUT2D eigenvalue weighted by molar-refractivity contribution is -0.113. The molecule has 0 fully saturated rings. The Bertz CT molecular complexity index is 812. The second-order valence-electron chi connectivity index (χ2n) is 4.69. The van der Waals surface area contributed by atoms with Gasteiger partial charge in [0.05, 0.1) is 26.7 Å². The molecule has 0 aliphatic carbocycles. The Morgan fingerprint density at radius 3 is 3.00 bits per heavy atom. The topological polar surface area (TPSA) is 80.9 Å². The van der Waals surface area contributed by atoms with E-state index in [-0.39, 0.29) is 5.91 Å². The predicted molar refractivity (Wildman–Crippen MR) is 88.2 cm³/mol. The standard InChI is InChI=1S/C14H14N4O2S2/c1-8-15-13(18-20-8)6-21-7-14(19)17-10-3-4-11-12(5-10)22-9(2)16-11/h3-5H,6-7H2,1-2H3,(H,17,19). The molecule has 114 valence electrons. The van der Waals surface area contributed by atoms with Crippen LogP contribution in [0.5, 0.6) is 0 Å². The van der Waals surface area contributed by atoms with Crippen LogP contribution in [0.4, 0.5) is 5.69 Å². The van der Waals surface area contributed by atoms with Crippen LogP contribution in [-0.2, 0) is 10.5 Å². The van der Waals surface area contributed by atoms with Crippen molar-refractivity contribution in [3.8, 4) is 0 Å². The highest BCUT2D eigenvalue weighted by Gasteiger charge is 2.07. The summed E-state index contributed by atoms with van der Waals surface area (Å²) in [5, 5.41) is 7.70. The van der Waals surface area contributed by atoms with E-state index in [4.69, 9.17) is 4.52 Å². The number of thiazole rings is 1. The average molecular weight is 334 g/mol. The molecule has 0 aliphatic heterocycles. The number of aromatic nitrogens is 3. The number of anilines is 1. The Hall–Kier alpha value is -1.93. The molecular formula is C14H14N4O2S2. The van der Waals surface area contributed by atoms with Crippen molar-refractivity contribution >= 4 is 44.9 Å². The number of aryl methyl sites for hydroxylation is 2. The second kappa shape index (κ2) is 6.45. The highest BCUT2D eigenvalue weighted by atomic mass is 32.2. The van der Waals surface area contributed by atoms with Crippen molar-refractivity contribution in [3.63, 3.8) is 0 Å². The lowest BCUT2D eigenvalue weighted by atomic mass is 10.3. The molecule has 0 saturated heterocycles. The summed E-state index contributed by atoms with van der Waals surface area (Å²) in [6.45, 7) is 3.71. The number of rotatable bonds is 5. The van der Waals surface area contributed by atoms with E-state index in [0.717, 1.165) is 20.9 Å². The highest BCUT2D eigenvalue weighted by molar-refractivity contribution is 7.99. The summed E-state index contributed by atoms with van der Waals surface area (Å²) in [6.07, 6.45) is 0. The molecule has 0 bridgehead atoms. The minimum Gasteiger partial charge on any atom is -0.340 e. The maximum atomic E-state index is 11.9. The Kier molecular flexibility index (Phi) is 4.39. The van der Waals surface area contributed by atoms with E-state index in [0.29, 0.717) is 23.2 Å². The summed E-state index contributed by atoms with van der Waals surface area (Å²) in [5.74, 6) is 1.99. The van der Waals surface area contributed by atoms with Crippen LogP contribution in [0.2, 0.25) is 0 Å². The Morgan fingerprint density at radius 2 is 2.23 bits per heavy atom. The number of fused-ring (bicyclic) bond motifs is 1. The third-order valence-electron chi connectivity index (χ3n) is 2.81. The van der Waals surface area contributed by atoms with Crippen LogP contribution in [0.15, 0.2) is 22.7 Å². The number of carbonyl (C=O) groups excluding carboxylic acids is 1. The molecule has 0 atom stereocenters. The Labute approximate surface area is 135 Å². The van der Waals surface area contributed by atoms with Gasteiger partial charge in [-0.2, -0.15) is 4.98 Å². The van der Waals surface area contributed by atoms with Gasteiger partial charge in [-0.1, -0.05) is 5.16 Å². The number of benzene rings is 1. The minimum atomic E-state index is -0.0502. The van der Waals surface area contributed by atoms with Crippen molar-refractivity contribution in [1.29, 1.82) is 0 Å². The number of thioether (sulfide) groups is 1. The number of amides is 1. The maximum absolute atomic E-state index is 11.9. The number of hydrogen-bond donors (Lipinski definition) is 1. The van der Waals surface area contributed by atoms with Crippen LogP contribution in [-0.4, -0.2) is 26.8 Å². The number of nitrogens with zero attached hydrogens (tertiary/aromatic N) is 3. The van der Waals surface area contributed by atoms with E-state index in [2.05, 4.69) is 20.4 Å². The molecule has 6 nitrogen and oxygen atoms in total. The van der Waals surface area contributed by atoms with E-state index in [1.54, 1.807) is 18.3 Å². The fraction of sp³-hybridized carbons (Fsp3) is 0.286. The van der Waals surface area contributed by atoms with Gasteiger partial charge in [-0.25, -0.2) is 4.98 Å². The zero-order valence-electron chi connectivity index (χ0n) is 12.1. The molecular weight excluding hydrogens is 320 g/mol. The first kappa shape index (κ1) is 15.0. The molecule has 22 heavy (non-hydrogen) atoms. The molecule has 0 unspecified atom stereocenters. The summed E-state index contributed by atoms with van der Waals surface area (Å²) < 4.78 is 5.96. The first-order valence-electron chi connectivity index (χ1n) is 6.64. The quantitative estimate of drug-likeness (QED) is 0.772. The summed E-state index contributed by atoms with van der Waals surface area (Å²) in [4.78, 5) is 20.4.